The number of carbonyl (C=O) groups excluding carboxylic acids is 2. The van der Waals surface area contributed by atoms with Gasteiger partial charge in [-0.05, 0) is 42.2 Å². The summed E-state index contributed by atoms with van der Waals surface area (Å²) < 4.78 is 0. The Kier molecular flexibility index (Phi) is 7.58. The smallest absolute Gasteiger partial charge is 0.316 e. The molecule has 2 rings (SSSR count). The molecule has 7 heteroatoms. The van der Waals surface area contributed by atoms with Crippen LogP contribution in [0.5, 0.6) is 0 Å². The second-order valence-electron chi connectivity index (χ2n) is 5.73. The standard InChI is InChI=1S/C23H19N5O2/c1-3-7-20(27-22(24)29)16(2)12-14-18-9-6-10-19(26-18)15-13-17-8-4-5-11-21(17)28-23(25)30/h3-11H,1-2H2,(H3,24,27,29)(H3,25,28,30)/b20-7+. The summed E-state index contributed by atoms with van der Waals surface area (Å²) in [5.41, 5.74) is 13.1. The Bertz CT molecular complexity index is 1160. The first-order valence-corrected chi connectivity index (χ1v) is 8.64. The molecule has 0 aliphatic rings. The molecule has 0 atom stereocenters. The fraction of sp³-hybridized carbons (Fsp3) is 0. The van der Waals surface area contributed by atoms with Crippen LogP contribution < -0.4 is 22.1 Å². The number of para-hydroxylation sites is 1. The van der Waals surface area contributed by atoms with E-state index in [1.807, 2.05) is 0 Å². The van der Waals surface area contributed by atoms with Crippen molar-refractivity contribution in [3.63, 3.8) is 0 Å². The fourth-order valence-corrected chi connectivity index (χ4v) is 2.21. The topological polar surface area (TPSA) is 123 Å². The zero-order valence-corrected chi connectivity index (χ0v) is 16.0. The van der Waals surface area contributed by atoms with Crippen molar-refractivity contribution < 1.29 is 9.59 Å². The number of rotatable bonds is 4. The number of carbonyl (C=O) groups is 2. The van der Waals surface area contributed by atoms with Crippen LogP contribution in [0.15, 0.2) is 79.0 Å². The number of allylic oxidation sites excluding steroid dienone is 3. The molecule has 1 heterocycles. The van der Waals surface area contributed by atoms with Gasteiger partial charge in [0.05, 0.1) is 11.4 Å². The van der Waals surface area contributed by atoms with E-state index in [0.29, 0.717) is 33.9 Å². The highest BCUT2D eigenvalue weighted by molar-refractivity contribution is 5.89. The summed E-state index contributed by atoms with van der Waals surface area (Å²) in [6, 6.07) is 10.8. The maximum Gasteiger partial charge on any atom is 0.316 e. The number of hydrogen-bond donors (Lipinski definition) is 4. The van der Waals surface area contributed by atoms with Gasteiger partial charge in [0.15, 0.2) is 0 Å². The normalized spacial score (nSPS) is 9.80. The summed E-state index contributed by atoms with van der Waals surface area (Å²) >= 11 is 0. The molecule has 7 nitrogen and oxygen atoms in total. The highest BCUT2D eigenvalue weighted by Crippen LogP contribution is 2.13. The molecule has 148 valence electrons. The molecule has 0 aliphatic heterocycles. The molecule has 30 heavy (non-hydrogen) atoms. The predicted molar refractivity (Wildman–Crippen MR) is 117 cm³/mol. The van der Waals surface area contributed by atoms with Gasteiger partial charge in [-0.2, -0.15) is 0 Å². The Hall–Kier alpha value is -4.75. The molecular formula is C23H19N5O2. The first-order chi connectivity index (χ1) is 14.4. The lowest BCUT2D eigenvalue weighted by molar-refractivity contribution is 0.251. The fourth-order valence-electron chi connectivity index (χ4n) is 2.21. The van der Waals surface area contributed by atoms with Crippen molar-refractivity contribution >= 4 is 17.7 Å². The number of primary amides is 2. The number of aromatic nitrogens is 1. The quantitative estimate of drug-likeness (QED) is 0.468. The van der Waals surface area contributed by atoms with Crippen LogP contribution in [0.2, 0.25) is 0 Å². The van der Waals surface area contributed by atoms with E-state index in [-0.39, 0.29) is 0 Å². The Morgan fingerprint density at radius 3 is 2.33 bits per heavy atom. The first kappa shape index (κ1) is 21.5. The van der Waals surface area contributed by atoms with Gasteiger partial charge in [-0.15, -0.1) is 0 Å². The third-order valence-electron chi connectivity index (χ3n) is 3.47. The number of nitrogens with zero attached hydrogens (tertiary/aromatic N) is 1. The van der Waals surface area contributed by atoms with Gasteiger partial charge in [0.25, 0.3) is 0 Å². The van der Waals surface area contributed by atoms with Crippen molar-refractivity contribution in [3.8, 4) is 23.7 Å². The summed E-state index contributed by atoms with van der Waals surface area (Å²) in [5.74, 6) is 11.6. The lowest BCUT2D eigenvalue weighted by atomic mass is 10.1. The van der Waals surface area contributed by atoms with Gasteiger partial charge in [0.2, 0.25) is 0 Å². The molecule has 0 aliphatic carbocycles. The van der Waals surface area contributed by atoms with Crippen molar-refractivity contribution in [2.24, 2.45) is 11.5 Å². The van der Waals surface area contributed by atoms with E-state index in [0.717, 1.165) is 0 Å². The number of urea groups is 2. The Labute approximate surface area is 174 Å². The van der Waals surface area contributed by atoms with Gasteiger partial charge in [-0.25, -0.2) is 14.6 Å². The van der Waals surface area contributed by atoms with Crippen molar-refractivity contribution in [1.29, 1.82) is 0 Å². The molecule has 0 saturated carbocycles. The van der Waals surface area contributed by atoms with Gasteiger partial charge < -0.3 is 22.1 Å². The van der Waals surface area contributed by atoms with Crippen LogP contribution in [0.4, 0.5) is 15.3 Å². The predicted octanol–water partition coefficient (Wildman–Crippen LogP) is 2.62. The molecule has 0 bridgehead atoms. The highest BCUT2D eigenvalue weighted by atomic mass is 16.2. The number of nitrogens with two attached hydrogens (primary N) is 2. The van der Waals surface area contributed by atoms with Crippen LogP contribution in [0.3, 0.4) is 0 Å². The third kappa shape index (κ3) is 6.76. The monoisotopic (exact) mass is 397 g/mol. The number of pyridine rings is 1. The van der Waals surface area contributed by atoms with Gasteiger partial charge in [0.1, 0.15) is 11.4 Å². The van der Waals surface area contributed by atoms with Crippen LogP contribution in [0, 0.1) is 23.7 Å². The van der Waals surface area contributed by atoms with E-state index < -0.39 is 12.1 Å². The minimum atomic E-state index is -0.729. The zero-order valence-electron chi connectivity index (χ0n) is 16.0. The van der Waals surface area contributed by atoms with E-state index in [1.54, 1.807) is 42.5 Å². The maximum atomic E-state index is 11.1. The highest BCUT2D eigenvalue weighted by Gasteiger charge is 2.03. The number of benzene rings is 1. The van der Waals surface area contributed by atoms with Gasteiger partial charge in [-0.1, -0.05) is 49.3 Å². The molecule has 1 aromatic heterocycles. The van der Waals surface area contributed by atoms with Crippen LogP contribution in [-0.2, 0) is 0 Å². The molecule has 6 N–H and O–H groups in total. The minimum absolute atomic E-state index is 0.346. The Morgan fingerprint density at radius 2 is 1.67 bits per heavy atom. The van der Waals surface area contributed by atoms with Crippen molar-refractivity contribution in [3.05, 3.63) is 96.0 Å². The average Bonchev–Trinajstić information content (AvgIpc) is 2.70. The van der Waals surface area contributed by atoms with Crippen molar-refractivity contribution in [1.82, 2.24) is 10.3 Å². The lowest BCUT2D eigenvalue weighted by Gasteiger charge is -2.04. The third-order valence-corrected chi connectivity index (χ3v) is 3.47. The van der Waals surface area contributed by atoms with Crippen LogP contribution in [-0.4, -0.2) is 17.0 Å². The van der Waals surface area contributed by atoms with Gasteiger partial charge in [-0.3, -0.25) is 0 Å². The van der Waals surface area contributed by atoms with Crippen LogP contribution in [0.1, 0.15) is 17.0 Å². The molecule has 0 spiro atoms. The number of amides is 4. The molecule has 0 radical (unpaired) electrons. The van der Waals surface area contributed by atoms with Crippen LogP contribution >= 0.6 is 0 Å². The first-order valence-electron chi connectivity index (χ1n) is 8.64. The lowest BCUT2D eigenvalue weighted by Crippen LogP contribution is -2.29. The van der Waals surface area contributed by atoms with E-state index in [9.17, 15) is 9.59 Å². The molecule has 4 amide bonds. The molecule has 2 aromatic rings. The minimum Gasteiger partial charge on any atom is -0.351 e. The summed E-state index contributed by atoms with van der Waals surface area (Å²) in [5, 5.41) is 4.95. The average molecular weight is 397 g/mol. The largest absolute Gasteiger partial charge is 0.351 e. The number of hydrogen-bond acceptors (Lipinski definition) is 3. The molecule has 0 unspecified atom stereocenters. The van der Waals surface area contributed by atoms with Crippen molar-refractivity contribution in [2.75, 3.05) is 5.32 Å². The van der Waals surface area contributed by atoms with E-state index in [2.05, 4.69) is 52.5 Å². The maximum absolute atomic E-state index is 11.1. The molecular weight excluding hydrogens is 378 g/mol. The SMILES string of the molecule is C=C/C=C(/NC(N)=O)C(=C)C#Cc1cccc(C#Cc2ccccc2NC(N)=O)n1. The summed E-state index contributed by atoms with van der Waals surface area (Å²) in [4.78, 5) is 26.5. The van der Waals surface area contributed by atoms with E-state index >= 15 is 0 Å². The summed E-state index contributed by atoms with van der Waals surface area (Å²) in [7, 11) is 0. The van der Waals surface area contributed by atoms with Crippen molar-refractivity contribution in [2.45, 2.75) is 0 Å². The molecule has 1 aromatic carbocycles. The van der Waals surface area contributed by atoms with Gasteiger partial charge >= 0.3 is 12.1 Å². The summed E-state index contributed by atoms with van der Waals surface area (Å²) in [6.45, 7) is 7.39. The Morgan fingerprint density at radius 1 is 0.967 bits per heavy atom. The van der Waals surface area contributed by atoms with Gasteiger partial charge in [0, 0.05) is 11.1 Å². The van der Waals surface area contributed by atoms with E-state index in [1.165, 1.54) is 12.2 Å². The zero-order chi connectivity index (χ0) is 21.9. The molecule has 0 fully saturated rings. The van der Waals surface area contributed by atoms with Crippen LogP contribution in [0.25, 0.3) is 0 Å². The second kappa shape index (κ2) is 10.5. The second-order valence-corrected chi connectivity index (χ2v) is 5.73. The summed E-state index contributed by atoms with van der Waals surface area (Å²) in [6.07, 6.45) is 3.02. The Balaban J connectivity index is 2.25. The number of nitrogens with one attached hydrogen (secondary N) is 2. The molecule has 0 saturated heterocycles. The number of anilines is 1. The van der Waals surface area contributed by atoms with E-state index in [4.69, 9.17) is 11.5 Å².